The van der Waals surface area contributed by atoms with E-state index in [2.05, 4.69) is 161 Å². The van der Waals surface area contributed by atoms with Gasteiger partial charge in [-0.2, -0.15) is 0 Å². The van der Waals surface area contributed by atoms with Gasteiger partial charge < -0.3 is 0 Å². The molecule has 0 N–H and O–H groups in total. The predicted octanol–water partition coefficient (Wildman–Crippen LogP) is 9.55. The first-order valence-electron chi connectivity index (χ1n) is 17.6. The molecule has 5 heterocycles. The van der Waals surface area contributed by atoms with Crippen LogP contribution < -0.4 is 16.4 Å². The van der Waals surface area contributed by atoms with Crippen molar-refractivity contribution < 1.29 is 0 Å². The molecule has 6 aromatic carbocycles. The summed E-state index contributed by atoms with van der Waals surface area (Å²) in [6, 6.07) is 59.3. The molecule has 0 amide bonds. The zero-order valence-electron chi connectivity index (χ0n) is 28.0. The Kier molecular flexibility index (Phi) is 6.48. The lowest BCUT2D eigenvalue weighted by Crippen LogP contribution is -2.52. The molecule has 6 heteroatoms. The molecule has 52 heavy (non-hydrogen) atoms. The molecule has 0 radical (unpaired) electrons. The molecular weight excluding hydrogens is 651 g/mol. The molecule has 0 saturated carbocycles. The van der Waals surface area contributed by atoms with Crippen LogP contribution in [0.15, 0.2) is 176 Å². The molecule has 4 nitrogen and oxygen atoms in total. The molecule has 0 aliphatic carbocycles. The summed E-state index contributed by atoms with van der Waals surface area (Å²) in [5.41, 5.74) is 8.37. The molecule has 0 unspecified atom stereocenters. The highest BCUT2D eigenvalue weighted by Crippen LogP contribution is 2.35. The highest BCUT2D eigenvalue weighted by Gasteiger charge is 2.28. The summed E-state index contributed by atoms with van der Waals surface area (Å²) in [6.07, 6.45) is 3.75. The Hall–Kier alpha value is -6.50. The van der Waals surface area contributed by atoms with E-state index in [4.69, 9.17) is 9.97 Å². The van der Waals surface area contributed by atoms with Crippen molar-refractivity contribution in [1.82, 2.24) is 19.1 Å². The Morgan fingerprint density at radius 2 is 0.904 bits per heavy atom. The van der Waals surface area contributed by atoms with Crippen LogP contribution in [0.2, 0.25) is 0 Å². The fourth-order valence-electron chi connectivity index (χ4n) is 8.35. The van der Waals surface area contributed by atoms with E-state index >= 15 is 0 Å². The summed E-state index contributed by atoms with van der Waals surface area (Å²) < 4.78 is 7.26. The minimum atomic E-state index is -0.0454. The molecule has 0 bridgehead atoms. The number of rotatable bonds is 5. The van der Waals surface area contributed by atoms with Crippen molar-refractivity contribution in [2.24, 2.45) is 0 Å². The fraction of sp³-hybridized carbons (Fsp3) is 0. The second-order valence-corrected chi connectivity index (χ2v) is 14.4. The molecule has 0 saturated heterocycles. The number of fused-ring (bicyclic) bond motifs is 9. The number of para-hydroxylation sites is 2. The van der Waals surface area contributed by atoms with E-state index in [1.54, 1.807) is 0 Å². The van der Waals surface area contributed by atoms with Crippen molar-refractivity contribution in [3.63, 3.8) is 0 Å². The Bertz CT molecular complexity index is 2980. The number of benzene rings is 6. The van der Waals surface area contributed by atoms with Gasteiger partial charge in [-0.1, -0.05) is 126 Å². The van der Waals surface area contributed by atoms with Crippen LogP contribution in [0.5, 0.6) is 0 Å². The zero-order valence-corrected chi connectivity index (χ0v) is 28.8. The van der Waals surface area contributed by atoms with Gasteiger partial charge in [-0.05, 0) is 60.0 Å². The Morgan fingerprint density at radius 1 is 0.404 bits per heavy atom. The lowest BCUT2D eigenvalue weighted by Gasteiger charge is -2.18. The largest absolute Gasteiger partial charge is 0.294 e. The van der Waals surface area contributed by atoms with Gasteiger partial charge in [0.15, 0.2) is 0 Å². The topological polar surface area (TPSA) is 35.6 Å². The van der Waals surface area contributed by atoms with Crippen LogP contribution in [0.4, 0.5) is 0 Å². The molecule has 11 aromatic rings. The normalized spacial score (nSPS) is 11.8. The summed E-state index contributed by atoms with van der Waals surface area (Å²) >= 11 is 1.89. The van der Waals surface area contributed by atoms with Crippen molar-refractivity contribution in [2.75, 3.05) is 0 Å². The Morgan fingerprint density at radius 3 is 1.48 bits per heavy atom. The smallest absolute Gasteiger partial charge is 0.243 e. The zero-order chi connectivity index (χ0) is 34.2. The van der Waals surface area contributed by atoms with Crippen LogP contribution in [0.25, 0.3) is 75.4 Å². The number of thiophene rings is 1. The van der Waals surface area contributed by atoms with Crippen molar-refractivity contribution >= 4 is 98.2 Å². The van der Waals surface area contributed by atoms with Gasteiger partial charge in [0.2, 0.25) is 6.71 Å². The first kappa shape index (κ1) is 29.3. The summed E-state index contributed by atoms with van der Waals surface area (Å²) in [5, 5.41) is 7.48. The second-order valence-electron chi connectivity index (χ2n) is 13.4. The van der Waals surface area contributed by atoms with E-state index in [0.29, 0.717) is 0 Å². The monoisotopic (exact) mass is 680 g/mol. The van der Waals surface area contributed by atoms with Gasteiger partial charge in [0.1, 0.15) is 11.6 Å². The fourth-order valence-corrected chi connectivity index (χ4v) is 9.59. The highest BCUT2D eigenvalue weighted by atomic mass is 32.1. The van der Waals surface area contributed by atoms with Crippen LogP contribution in [-0.2, 0) is 0 Å². The standard InChI is InChI=1S/C46H29BN4S/c1-4-17-39-32(12-1)34-24-22-30(28-41(34)50(39)44-20-7-9-26-48-44)47(38-16-11-15-37-36-14-3-6-19-43(36)52-46(37)38)31-23-25-35-33-13-2-5-18-40(33)51(42(35)29-31)45-21-8-10-27-49-45/h1-29H. The molecule has 0 aliphatic rings. The van der Waals surface area contributed by atoms with Gasteiger partial charge in [-0.15, -0.1) is 11.3 Å². The maximum atomic E-state index is 4.83. The number of nitrogens with zero attached hydrogens (tertiary/aromatic N) is 4. The number of hydrogen-bond acceptors (Lipinski definition) is 3. The van der Waals surface area contributed by atoms with Gasteiger partial charge in [-0.3, -0.25) is 9.13 Å². The third kappa shape index (κ3) is 4.34. The molecule has 242 valence electrons. The summed E-state index contributed by atoms with van der Waals surface area (Å²) in [5.74, 6) is 1.82. The number of pyridine rings is 2. The summed E-state index contributed by atoms with van der Waals surface area (Å²) in [4.78, 5) is 9.65. The van der Waals surface area contributed by atoms with Crippen molar-refractivity contribution in [2.45, 2.75) is 0 Å². The van der Waals surface area contributed by atoms with Crippen molar-refractivity contribution in [3.05, 3.63) is 176 Å². The van der Waals surface area contributed by atoms with E-state index < -0.39 is 0 Å². The quantitative estimate of drug-likeness (QED) is 0.170. The maximum Gasteiger partial charge on any atom is 0.243 e. The second kappa shape index (κ2) is 11.5. The first-order valence-corrected chi connectivity index (χ1v) is 18.4. The van der Waals surface area contributed by atoms with E-state index in [-0.39, 0.29) is 6.71 Å². The van der Waals surface area contributed by atoms with E-state index in [9.17, 15) is 0 Å². The van der Waals surface area contributed by atoms with Crippen LogP contribution in [-0.4, -0.2) is 25.8 Å². The number of hydrogen-bond donors (Lipinski definition) is 0. The molecule has 0 spiro atoms. The Labute approximate surface area is 303 Å². The molecule has 0 fully saturated rings. The maximum absolute atomic E-state index is 4.83. The van der Waals surface area contributed by atoms with Gasteiger partial charge in [-0.25, -0.2) is 9.97 Å². The van der Waals surface area contributed by atoms with Crippen molar-refractivity contribution in [1.29, 1.82) is 0 Å². The average molecular weight is 681 g/mol. The van der Waals surface area contributed by atoms with Crippen molar-refractivity contribution in [3.8, 4) is 11.6 Å². The van der Waals surface area contributed by atoms with Gasteiger partial charge >= 0.3 is 0 Å². The van der Waals surface area contributed by atoms with Gasteiger partial charge in [0, 0.05) is 48.7 Å². The minimum absolute atomic E-state index is 0.0454. The molecule has 11 rings (SSSR count). The molecular formula is C46H29BN4S. The molecule has 0 aliphatic heterocycles. The molecule has 0 atom stereocenters. The van der Waals surface area contributed by atoms with Gasteiger partial charge in [0.05, 0.1) is 22.1 Å². The predicted molar refractivity (Wildman–Crippen MR) is 221 cm³/mol. The lowest BCUT2D eigenvalue weighted by molar-refractivity contribution is 1.08. The third-order valence-electron chi connectivity index (χ3n) is 10.6. The van der Waals surface area contributed by atoms with E-state index in [0.717, 1.165) is 33.7 Å². The summed E-state index contributed by atoms with van der Waals surface area (Å²) in [6.45, 7) is -0.0454. The van der Waals surface area contributed by atoms with E-state index in [1.165, 1.54) is 58.1 Å². The number of aromatic nitrogens is 4. The van der Waals surface area contributed by atoms with Crippen LogP contribution in [0, 0.1) is 0 Å². The van der Waals surface area contributed by atoms with E-state index in [1.807, 2.05) is 35.9 Å². The first-order chi connectivity index (χ1) is 25.8. The van der Waals surface area contributed by atoms with Gasteiger partial charge in [0.25, 0.3) is 0 Å². The van der Waals surface area contributed by atoms with Crippen LogP contribution >= 0.6 is 11.3 Å². The Balaban J connectivity index is 1.23. The SMILES string of the molecule is c1ccc(-n2c3ccccc3c3ccc(B(c4ccc5c6ccccc6n(-c6ccccn6)c5c4)c4cccc5c4sc4ccccc45)cc32)nc1. The highest BCUT2D eigenvalue weighted by molar-refractivity contribution is 7.27. The average Bonchev–Trinajstić information content (AvgIpc) is 3.86. The summed E-state index contributed by atoms with van der Waals surface area (Å²) in [7, 11) is 0. The third-order valence-corrected chi connectivity index (χ3v) is 11.8. The molecule has 5 aromatic heterocycles. The minimum Gasteiger partial charge on any atom is -0.294 e. The van der Waals surface area contributed by atoms with Crippen LogP contribution in [0.3, 0.4) is 0 Å². The lowest BCUT2D eigenvalue weighted by atomic mass is 9.36. The van der Waals surface area contributed by atoms with Crippen LogP contribution in [0.1, 0.15) is 0 Å².